The van der Waals surface area contributed by atoms with Crippen LogP contribution in [0.25, 0.3) is 0 Å². The topological polar surface area (TPSA) is 75.4 Å². The quantitative estimate of drug-likeness (QED) is 0.832. The second kappa shape index (κ2) is 7.36. The SMILES string of the molecule is CC(C)CNC(=O)c1cc(CN(C(=O)C2CCCC2)C2CC2)on1. The average Bonchev–Trinajstić information content (AvgIpc) is 3.06. The zero-order valence-electron chi connectivity index (χ0n) is 14.6. The fraction of sp³-hybridized carbons (Fsp3) is 0.722. The Labute approximate surface area is 142 Å². The molecule has 1 aromatic rings. The van der Waals surface area contributed by atoms with Crippen molar-refractivity contribution >= 4 is 11.8 Å². The molecule has 2 aliphatic rings. The van der Waals surface area contributed by atoms with Crippen LogP contribution < -0.4 is 5.32 Å². The van der Waals surface area contributed by atoms with E-state index in [1.807, 2.05) is 18.7 Å². The highest BCUT2D eigenvalue weighted by Gasteiger charge is 2.37. The van der Waals surface area contributed by atoms with E-state index in [1.54, 1.807) is 6.07 Å². The molecule has 0 unspecified atom stereocenters. The van der Waals surface area contributed by atoms with Crippen molar-refractivity contribution in [1.82, 2.24) is 15.4 Å². The van der Waals surface area contributed by atoms with Gasteiger partial charge in [-0.2, -0.15) is 0 Å². The summed E-state index contributed by atoms with van der Waals surface area (Å²) in [6, 6.07) is 1.99. The van der Waals surface area contributed by atoms with Crippen molar-refractivity contribution in [2.75, 3.05) is 6.54 Å². The van der Waals surface area contributed by atoms with Crippen LogP contribution in [0.4, 0.5) is 0 Å². The van der Waals surface area contributed by atoms with Crippen molar-refractivity contribution in [3.8, 4) is 0 Å². The van der Waals surface area contributed by atoms with Crippen LogP contribution in [0.2, 0.25) is 0 Å². The van der Waals surface area contributed by atoms with E-state index in [-0.39, 0.29) is 23.4 Å². The predicted octanol–water partition coefficient (Wildman–Crippen LogP) is 2.74. The Balaban J connectivity index is 1.61. The summed E-state index contributed by atoms with van der Waals surface area (Å²) in [7, 11) is 0. The van der Waals surface area contributed by atoms with Crippen molar-refractivity contribution in [3.05, 3.63) is 17.5 Å². The Bertz CT molecular complexity index is 586. The molecule has 132 valence electrons. The Morgan fingerprint density at radius 3 is 2.62 bits per heavy atom. The van der Waals surface area contributed by atoms with E-state index in [4.69, 9.17) is 4.52 Å². The summed E-state index contributed by atoms with van der Waals surface area (Å²) in [5.74, 6) is 1.16. The number of hydrogen-bond donors (Lipinski definition) is 1. The lowest BCUT2D eigenvalue weighted by Gasteiger charge is -2.24. The molecular weight excluding hydrogens is 306 g/mol. The minimum atomic E-state index is -0.223. The van der Waals surface area contributed by atoms with Crippen LogP contribution >= 0.6 is 0 Å². The summed E-state index contributed by atoms with van der Waals surface area (Å²) < 4.78 is 5.31. The summed E-state index contributed by atoms with van der Waals surface area (Å²) in [6.45, 7) is 5.10. The number of carbonyl (C=O) groups is 2. The number of aromatic nitrogens is 1. The molecule has 24 heavy (non-hydrogen) atoms. The van der Waals surface area contributed by atoms with Crippen LogP contribution in [0.3, 0.4) is 0 Å². The van der Waals surface area contributed by atoms with Crippen molar-refractivity contribution < 1.29 is 14.1 Å². The third-order valence-electron chi connectivity index (χ3n) is 4.76. The molecule has 0 aliphatic heterocycles. The second-order valence-corrected chi connectivity index (χ2v) is 7.46. The van der Waals surface area contributed by atoms with Crippen LogP contribution in [0, 0.1) is 11.8 Å². The van der Waals surface area contributed by atoms with E-state index in [9.17, 15) is 9.59 Å². The lowest BCUT2D eigenvalue weighted by atomic mass is 10.1. The first-order chi connectivity index (χ1) is 11.5. The maximum absolute atomic E-state index is 12.7. The van der Waals surface area contributed by atoms with E-state index < -0.39 is 0 Å². The lowest BCUT2D eigenvalue weighted by molar-refractivity contribution is -0.136. The standard InChI is InChI=1S/C18H27N3O3/c1-12(2)10-19-17(22)16-9-15(24-20-16)11-21(14-7-8-14)18(23)13-5-3-4-6-13/h9,12-14H,3-8,10-11H2,1-2H3,(H,19,22). The molecule has 6 nitrogen and oxygen atoms in total. The van der Waals surface area contributed by atoms with Gasteiger partial charge in [0.1, 0.15) is 0 Å². The first-order valence-corrected chi connectivity index (χ1v) is 9.09. The molecule has 1 N–H and O–H groups in total. The van der Waals surface area contributed by atoms with Gasteiger partial charge in [-0.15, -0.1) is 0 Å². The molecular formula is C18H27N3O3. The van der Waals surface area contributed by atoms with E-state index in [2.05, 4.69) is 10.5 Å². The van der Waals surface area contributed by atoms with Crippen LogP contribution in [0.15, 0.2) is 10.6 Å². The molecule has 0 saturated heterocycles. The van der Waals surface area contributed by atoms with Crippen LogP contribution in [0.1, 0.15) is 68.6 Å². The number of hydrogen-bond acceptors (Lipinski definition) is 4. The molecule has 3 rings (SSSR count). The average molecular weight is 333 g/mol. The monoisotopic (exact) mass is 333 g/mol. The minimum absolute atomic E-state index is 0.169. The molecule has 0 aromatic carbocycles. The third-order valence-corrected chi connectivity index (χ3v) is 4.76. The summed E-state index contributed by atoms with van der Waals surface area (Å²) in [4.78, 5) is 26.7. The molecule has 0 bridgehead atoms. The van der Waals surface area contributed by atoms with E-state index in [1.165, 1.54) is 0 Å². The first kappa shape index (κ1) is 17.0. The van der Waals surface area contributed by atoms with Gasteiger partial charge >= 0.3 is 0 Å². The van der Waals surface area contributed by atoms with Crippen LogP contribution in [-0.4, -0.2) is 34.5 Å². The molecule has 2 fully saturated rings. The van der Waals surface area contributed by atoms with Gasteiger partial charge < -0.3 is 14.7 Å². The fourth-order valence-corrected chi connectivity index (χ4v) is 3.23. The maximum Gasteiger partial charge on any atom is 0.273 e. The third kappa shape index (κ3) is 4.16. The summed E-state index contributed by atoms with van der Waals surface area (Å²) >= 11 is 0. The summed E-state index contributed by atoms with van der Waals surface area (Å²) in [6.07, 6.45) is 6.43. The van der Waals surface area contributed by atoms with Gasteiger partial charge in [0.2, 0.25) is 5.91 Å². The number of carbonyl (C=O) groups excluding carboxylic acids is 2. The number of rotatable bonds is 7. The smallest absolute Gasteiger partial charge is 0.273 e. The number of nitrogens with zero attached hydrogens (tertiary/aromatic N) is 2. The van der Waals surface area contributed by atoms with E-state index in [0.29, 0.717) is 30.8 Å². The Kier molecular flexibility index (Phi) is 5.21. The van der Waals surface area contributed by atoms with Gasteiger partial charge in [-0.1, -0.05) is 31.8 Å². The molecule has 1 heterocycles. The van der Waals surface area contributed by atoms with Gasteiger partial charge in [0, 0.05) is 24.6 Å². The molecule has 0 spiro atoms. The molecule has 2 amide bonds. The van der Waals surface area contributed by atoms with Crippen molar-refractivity contribution in [1.29, 1.82) is 0 Å². The maximum atomic E-state index is 12.7. The van der Waals surface area contributed by atoms with E-state index >= 15 is 0 Å². The number of amides is 2. The van der Waals surface area contributed by atoms with Gasteiger partial charge in [0.15, 0.2) is 11.5 Å². The van der Waals surface area contributed by atoms with E-state index in [0.717, 1.165) is 38.5 Å². The molecule has 0 radical (unpaired) electrons. The van der Waals surface area contributed by atoms with Gasteiger partial charge in [0.05, 0.1) is 6.54 Å². The lowest BCUT2D eigenvalue weighted by Crippen LogP contribution is -2.36. The first-order valence-electron chi connectivity index (χ1n) is 9.09. The molecule has 2 aliphatic carbocycles. The molecule has 2 saturated carbocycles. The van der Waals surface area contributed by atoms with Gasteiger partial charge in [-0.05, 0) is 31.6 Å². The molecule has 6 heteroatoms. The van der Waals surface area contributed by atoms with Crippen molar-refractivity contribution in [2.24, 2.45) is 11.8 Å². The minimum Gasteiger partial charge on any atom is -0.359 e. The highest BCUT2D eigenvalue weighted by atomic mass is 16.5. The predicted molar refractivity (Wildman–Crippen MR) is 89.2 cm³/mol. The highest BCUT2D eigenvalue weighted by Crippen LogP contribution is 2.34. The Morgan fingerprint density at radius 2 is 2.00 bits per heavy atom. The van der Waals surface area contributed by atoms with Gasteiger partial charge in [-0.3, -0.25) is 9.59 Å². The largest absolute Gasteiger partial charge is 0.359 e. The Hall–Kier alpha value is -1.85. The second-order valence-electron chi connectivity index (χ2n) is 7.46. The van der Waals surface area contributed by atoms with Gasteiger partial charge in [-0.25, -0.2) is 0 Å². The summed E-state index contributed by atoms with van der Waals surface area (Å²) in [5.41, 5.74) is 0.287. The zero-order valence-corrected chi connectivity index (χ0v) is 14.6. The number of nitrogens with one attached hydrogen (secondary N) is 1. The van der Waals surface area contributed by atoms with Crippen molar-refractivity contribution in [2.45, 2.75) is 65.0 Å². The highest BCUT2D eigenvalue weighted by molar-refractivity contribution is 5.92. The molecule has 0 atom stereocenters. The normalized spacial score (nSPS) is 18.1. The zero-order chi connectivity index (χ0) is 17.1. The fourth-order valence-electron chi connectivity index (χ4n) is 3.23. The molecule has 1 aromatic heterocycles. The van der Waals surface area contributed by atoms with Crippen molar-refractivity contribution in [3.63, 3.8) is 0 Å². The Morgan fingerprint density at radius 1 is 1.29 bits per heavy atom. The summed E-state index contributed by atoms with van der Waals surface area (Å²) in [5, 5.41) is 6.68. The van der Waals surface area contributed by atoms with Gasteiger partial charge in [0.25, 0.3) is 5.91 Å². The van der Waals surface area contributed by atoms with Crippen LogP contribution in [0.5, 0.6) is 0 Å². The van der Waals surface area contributed by atoms with Crippen LogP contribution in [-0.2, 0) is 11.3 Å².